The molecule has 0 saturated carbocycles. The Balaban J connectivity index is 0.00000323. The van der Waals surface area contributed by atoms with E-state index in [2.05, 4.69) is 20.2 Å². The van der Waals surface area contributed by atoms with E-state index in [1.54, 1.807) is 0 Å². The fraction of sp³-hybridized carbons (Fsp3) is 0.480. The number of aryl methyl sites for hydroxylation is 1. The van der Waals surface area contributed by atoms with Crippen molar-refractivity contribution in [2.45, 2.75) is 24.5 Å². The SMILES string of the molecule is Cc1cc(OCC(F)(F)F)c(NC(=O)CN2CCN(CCSc3nc4ccccc4o3)CC2)c(OCC(F)(F)F)n1.Cl.Cl. The van der Waals surface area contributed by atoms with E-state index in [0.717, 1.165) is 29.5 Å². The lowest BCUT2D eigenvalue weighted by atomic mass is 10.3. The first-order valence-electron chi connectivity index (χ1n) is 12.5. The van der Waals surface area contributed by atoms with Crippen LogP contribution in [0.2, 0.25) is 0 Å². The van der Waals surface area contributed by atoms with Crippen LogP contribution in [-0.2, 0) is 4.79 Å². The normalized spacial score (nSPS) is 14.6. The van der Waals surface area contributed by atoms with Gasteiger partial charge in [-0.3, -0.25) is 14.6 Å². The Morgan fingerprint density at radius 1 is 0.977 bits per heavy atom. The highest BCUT2D eigenvalue weighted by atomic mass is 35.5. The molecule has 2 aromatic heterocycles. The first-order valence-corrected chi connectivity index (χ1v) is 13.5. The lowest BCUT2D eigenvalue weighted by Crippen LogP contribution is -2.49. The van der Waals surface area contributed by atoms with Gasteiger partial charge in [-0.25, -0.2) is 9.97 Å². The molecule has 0 spiro atoms. The van der Waals surface area contributed by atoms with Crippen molar-refractivity contribution in [2.75, 3.05) is 63.6 Å². The molecule has 1 amide bonds. The van der Waals surface area contributed by atoms with Gasteiger partial charge in [0.15, 0.2) is 24.5 Å². The average molecular weight is 680 g/mol. The number of halogens is 8. The van der Waals surface area contributed by atoms with Gasteiger partial charge < -0.3 is 19.2 Å². The maximum Gasteiger partial charge on any atom is 0.422 e. The zero-order valence-electron chi connectivity index (χ0n) is 22.7. The first kappa shape index (κ1) is 36.5. The number of alkyl halides is 6. The Hall–Kier alpha value is -2.66. The number of nitrogens with zero attached hydrogens (tertiary/aromatic N) is 4. The van der Waals surface area contributed by atoms with E-state index in [-0.39, 0.29) is 37.1 Å². The lowest BCUT2D eigenvalue weighted by Gasteiger charge is -2.34. The Labute approximate surface area is 259 Å². The predicted molar refractivity (Wildman–Crippen MR) is 153 cm³/mol. The second kappa shape index (κ2) is 15.9. The minimum absolute atomic E-state index is 0. The third-order valence-electron chi connectivity index (χ3n) is 5.85. The van der Waals surface area contributed by atoms with Gasteiger partial charge in [0, 0.05) is 50.2 Å². The maximum absolute atomic E-state index is 12.8. The molecule has 1 aliphatic rings. The van der Waals surface area contributed by atoms with Crippen molar-refractivity contribution in [2.24, 2.45) is 0 Å². The number of hydrogen-bond acceptors (Lipinski definition) is 9. The molecule has 1 fully saturated rings. The Bertz CT molecular complexity index is 1270. The van der Waals surface area contributed by atoms with Crippen LogP contribution in [0.3, 0.4) is 0 Å². The Morgan fingerprint density at radius 2 is 1.60 bits per heavy atom. The van der Waals surface area contributed by atoms with E-state index < -0.39 is 48.8 Å². The van der Waals surface area contributed by atoms with Gasteiger partial charge in [-0.05, 0) is 19.1 Å². The minimum Gasteiger partial charge on any atom is -0.482 e. The molecule has 1 saturated heterocycles. The highest BCUT2D eigenvalue weighted by Gasteiger charge is 2.32. The molecule has 9 nitrogen and oxygen atoms in total. The minimum atomic E-state index is -4.74. The molecule has 0 radical (unpaired) electrons. The van der Waals surface area contributed by atoms with Crippen LogP contribution in [0.15, 0.2) is 40.0 Å². The van der Waals surface area contributed by atoms with Gasteiger partial charge in [0.1, 0.15) is 11.2 Å². The maximum atomic E-state index is 12.8. The highest BCUT2D eigenvalue weighted by Crippen LogP contribution is 2.36. The number of ether oxygens (including phenoxy) is 2. The van der Waals surface area contributed by atoms with Crippen LogP contribution in [0, 0.1) is 6.92 Å². The van der Waals surface area contributed by atoms with Crippen LogP contribution in [-0.4, -0.2) is 96.3 Å². The molecule has 1 N–H and O–H groups in total. The number of carbonyl (C=O) groups is 1. The van der Waals surface area contributed by atoms with Crippen LogP contribution < -0.4 is 14.8 Å². The fourth-order valence-corrected chi connectivity index (χ4v) is 4.82. The van der Waals surface area contributed by atoms with Crippen molar-refractivity contribution < 1.29 is 45.0 Å². The molecule has 4 rings (SSSR count). The summed E-state index contributed by atoms with van der Waals surface area (Å²) in [6, 6.07) is 8.57. The largest absolute Gasteiger partial charge is 0.482 e. The second-order valence-corrected chi connectivity index (χ2v) is 10.3. The third kappa shape index (κ3) is 11.7. The number of amides is 1. The molecule has 3 heterocycles. The molecule has 3 aromatic rings. The van der Waals surface area contributed by atoms with Gasteiger partial charge in [0.05, 0.1) is 6.54 Å². The fourth-order valence-electron chi connectivity index (χ4n) is 3.99. The van der Waals surface area contributed by atoms with E-state index in [1.165, 1.54) is 18.7 Å². The average Bonchev–Trinajstić information content (AvgIpc) is 3.30. The number of fused-ring (bicyclic) bond motifs is 1. The summed E-state index contributed by atoms with van der Waals surface area (Å²) >= 11 is 1.50. The van der Waals surface area contributed by atoms with E-state index in [9.17, 15) is 31.1 Å². The summed E-state index contributed by atoms with van der Waals surface area (Å²) in [5.74, 6) is -1.10. The number of thioether (sulfide) groups is 1. The number of oxazole rings is 1. The van der Waals surface area contributed by atoms with Gasteiger partial charge in [-0.2, -0.15) is 26.3 Å². The van der Waals surface area contributed by atoms with Gasteiger partial charge in [-0.1, -0.05) is 23.9 Å². The van der Waals surface area contributed by atoms with E-state index in [1.807, 2.05) is 29.2 Å². The number of anilines is 1. The summed E-state index contributed by atoms with van der Waals surface area (Å²) in [4.78, 5) is 25.1. The smallest absolute Gasteiger partial charge is 0.422 e. The molecule has 0 atom stereocenters. The van der Waals surface area contributed by atoms with Crippen molar-refractivity contribution in [3.63, 3.8) is 0 Å². The van der Waals surface area contributed by atoms with Crippen molar-refractivity contribution in [1.29, 1.82) is 0 Å². The number of piperazine rings is 1. The number of nitrogens with one attached hydrogen (secondary N) is 1. The molecule has 1 aromatic carbocycles. The third-order valence-corrected chi connectivity index (χ3v) is 6.65. The number of aromatic nitrogens is 2. The molecule has 43 heavy (non-hydrogen) atoms. The number of pyridine rings is 1. The van der Waals surface area contributed by atoms with Crippen LogP contribution in [0.5, 0.6) is 11.6 Å². The molecule has 0 unspecified atom stereocenters. The zero-order valence-corrected chi connectivity index (χ0v) is 25.1. The van der Waals surface area contributed by atoms with Crippen molar-refractivity contribution in [3.05, 3.63) is 36.0 Å². The monoisotopic (exact) mass is 679 g/mol. The number of benzene rings is 1. The van der Waals surface area contributed by atoms with Crippen LogP contribution in [0.1, 0.15) is 5.69 Å². The van der Waals surface area contributed by atoms with Gasteiger partial charge in [0.25, 0.3) is 5.22 Å². The summed E-state index contributed by atoms with van der Waals surface area (Å²) in [7, 11) is 0. The summed E-state index contributed by atoms with van der Waals surface area (Å²) < 4.78 is 91.7. The summed E-state index contributed by atoms with van der Waals surface area (Å²) in [6.07, 6.45) is -9.45. The van der Waals surface area contributed by atoms with Crippen LogP contribution in [0.25, 0.3) is 11.1 Å². The molecular formula is C25H29Cl2F6N5O4S. The van der Waals surface area contributed by atoms with Crippen LogP contribution in [0.4, 0.5) is 32.0 Å². The summed E-state index contributed by atoms with van der Waals surface area (Å²) in [5.41, 5.74) is 1.06. The topological polar surface area (TPSA) is 93.0 Å². The summed E-state index contributed by atoms with van der Waals surface area (Å²) in [6.45, 7) is 0.875. The molecule has 0 bridgehead atoms. The molecule has 1 aliphatic heterocycles. The number of hydrogen-bond donors (Lipinski definition) is 1. The van der Waals surface area contributed by atoms with Crippen molar-refractivity contribution in [3.8, 4) is 11.6 Å². The van der Waals surface area contributed by atoms with Gasteiger partial charge in [0.2, 0.25) is 11.8 Å². The number of para-hydroxylation sites is 2. The predicted octanol–water partition coefficient (Wildman–Crippen LogP) is 5.61. The quantitative estimate of drug-likeness (QED) is 0.205. The Kier molecular flexibility index (Phi) is 13.5. The van der Waals surface area contributed by atoms with Crippen LogP contribution >= 0.6 is 36.6 Å². The van der Waals surface area contributed by atoms with E-state index in [0.29, 0.717) is 31.4 Å². The van der Waals surface area contributed by atoms with Gasteiger partial charge in [-0.15, -0.1) is 24.8 Å². The molecule has 240 valence electrons. The summed E-state index contributed by atoms with van der Waals surface area (Å²) in [5, 5.41) is 2.93. The number of rotatable bonds is 11. The lowest BCUT2D eigenvalue weighted by molar-refractivity contribution is -0.154. The molecular weight excluding hydrogens is 651 g/mol. The second-order valence-electron chi connectivity index (χ2n) is 9.21. The Morgan fingerprint density at radius 3 is 2.26 bits per heavy atom. The number of carbonyl (C=O) groups excluding carboxylic acids is 1. The molecule has 0 aliphatic carbocycles. The van der Waals surface area contributed by atoms with Crippen molar-refractivity contribution >= 4 is 59.3 Å². The highest BCUT2D eigenvalue weighted by molar-refractivity contribution is 7.99. The first-order chi connectivity index (χ1) is 19.3. The standard InChI is InChI=1S/C25H27F6N5O4S.2ClH/c1-16-12-19(38-14-24(26,27)28)21(22(32-16)39-15-25(29,30)31)34-20(37)13-36-8-6-35(7-9-36)10-11-41-23-33-17-4-2-3-5-18(17)40-23;;/h2-5,12H,6-11,13-15H2,1H3,(H,34,37);2*1H. The molecule has 18 heteroatoms. The van der Waals surface area contributed by atoms with Gasteiger partial charge >= 0.3 is 12.4 Å². The van der Waals surface area contributed by atoms with Crippen molar-refractivity contribution in [1.82, 2.24) is 19.8 Å². The zero-order chi connectivity index (χ0) is 29.6. The van der Waals surface area contributed by atoms with E-state index >= 15 is 0 Å². The van der Waals surface area contributed by atoms with E-state index in [4.69, 9.17) is 13.9 Å².